The van der Waals surface area contributed by atoms with Gasteiger partial charge in [0.25, 0.3) is 5.91 Å². The number of aryl methyl sites for hydroxylation is 1. The van der Waals surface area contributed by atoms with E-state index in [-0.39, 0.29) is 12.1 Å². The molecule has 0 aliphatic heterocycles. The summed E-state index contributed by atoms with van der Waals surface area (Å²) in [7, 11) is 1.15. The Bertz CT molecular complexity index is 514. The van der Waals surface area contributed by atoms with Crippen molar-refractivity contribution in [2.24, 2.45) is 0 Å². The number of ether oxygens (including phenoxy) is 2. The van der Waals surface area contributed by atoms with Gasteiger partial charge < -0.3 is 14.8 Å². The quantitative estimate of drug-likeness (QED) is 0.859. The number of rotatable bonds is 4. The molecule has 0 unspecified atom stereocenters. The van der Waals surface area contributed by atoms with Crippen LogP contribution in [0.3, 0.4) is 0 Å². The van der Waals surface area contributed by atoms with Crippen molar-refractivity contribution < 1.29 is 32.2 Å². The van der Waals surface area contributed by atoms with Crippen LogP contribution < -0.4 is 10.1 Å². The van der Waals surface area contributed by atoms with Gasteiger partial charge in [-0.1, -0.05) is 6.07 Å². The number of carbonyl (C=O) groups excluding carboxylic acids is 2. The number of halogens is 3. The maximum absolute atomic E-state index is 12.1. The highest BCUT2D eigenvalue weighted by Gasteiger charge is 2.31. The summed E-state index contributed by atoms with van der Waals surface area (Å²) in [4.78, 5) is 22.6. The van der Waals surface area contributed by atoms with Crippen molar-refractivity contribution in [2.75, 3.05) is 13.7 Å². The topological polar surface area (TPSA) is 64.6 Å². The van der Waals surface area contributed by atoms with E-state index in [9.17, 15) is 22.8 Å². The van der Waals surface area contributed by atoms with Crippen LogP contribution in [0.4, 0.5) is 13.2 Å². The molecule has 110 valence electrons. The molecular weight excluding hydrogens is 279 g/mol. The summed E-state index contributed by atoms with van der Waals surface area (Å²) in [6.07, 6.45) is -4.84. The van der Waals surface area contributed by atoms with Crippen molar-refractivity contribution in [3.8, 4) is 5.75 Å². The highest BCUT2D eigenvalue weighted by Crippen LogP contribution is 2.24. The fraction of sp³-hybridized carbons (Fsp3) is 0.333. The second-order valence-electron chi connectivity index (χ2n) is 3.78. The van der Waals surface area contributed by atoms with Gasteiger partial charge in [-0.2, -0.15) is 0 Å². The highest BCUT2D eigenvalue weighted by atomic mass is 19.4. The van der Waals surface area contributed by atoms with Gasteiger partial charge in [-0.3, -0.25) is 9.59 Å². The first-order valence-corrected chi connectivity index (χ1v) is 5.44. The van der Waals surface area contributed by atoms with Crippen LogP contribution >= 0.6 is 0 Å². The minimum Gasteiger partial charge on any atom is -0.468 e. The first-order chi connectivity index (χ1) is 9.23. The summed E-state index contributed by atoms with van der Waals surface area (Å²) in [5.41, 5.74) is 0.428. The van der Waals surface area contributed by atoms with E-state index in [1.165, 1.54) is 6.07 Å². The van der Waals surface area contributed by atoms with Crippen molar-refractivity contribution in [1.29, 1.82) is 0 Å². The minimum atomic E-state index is -4.84. The summed E-state index contributed by atoms with van der Waals surface area (Å²) in [5.74, 6) is -1.87. The Morgan fingerprint density at radius 3 is 2.50 bits per heavy atom. The molecule has 8 heteroatoms. The molecule has 0 saturated heterocycles. The molecule has 0 radical (unpaired) electrons. The van der Waals surface area contributed by atoms with E-state index in [0.29, 0.717) is 5.56 Å². The fourth-order valence-corrected chi connectivity index (χ4v) is 1.36. The van der Waals surface area contributed by atoms with Crippen molar-refractivity contribution >= 4 is 11.9 Å². The van der Waals surface area contributed by atoms with Gasteiger partial charge in [0.05, 0.1) is 7.11 Å². The molecule has 0 fully saturated rings. The molecule has 0 aliphatic rings. The predicted molar refractivity (Wildman–Crippen MR) is 62.2 cm³/mol. The molecule has 0 aliphatic carbocycles. The Morgan fingerprint density at radius 1 is 1.30 bits per heavy atom. The predicted octanol–water partition coefficient (Wildman–Crippen LogP) is 1.80. The largest absolute Gasteiger partial charge is 0.573 e. The third-order valence-corrected chi connectivity index (χ3v) is 2.31. The van der Waals surface area contributed by atoms with Gasteiger partial charge in [0.1, 0.15) is 12.3 Å². The summed E-state index contributed by atoms with van der Waals surface area (Å²) < 4.78 is 44.3. The van der Waals surface area contributed by atoms with Crippen LogP contribution in [0.15, 0.2) is 18.2 Å². The highest BCUT2D eigenvalue weighted by molar-refractivity contribution is 5.97. The number of esters is 1. The third kappa shape index (κ3) is 4.79. The molecule has 0 atom stereocenters. The van der Waals surface area contributed by atoms with Gasteiger partial charge in [0, 0.05) is 5.56 Å². The summed E-state index contributed by atoms with van der Waals surface area (Å²) >= 11 is 0. The first-order valence-electron chi connectivity index (χ1n) is 5.44. The molecule has 0 saturated carbocycles. The molecule has 0 bridgehead atoms. The van der Waals surface area contributed by atoms with Crippen LogP contribution in [0.2, 0.25) is 0 Å². The number of alkyl halides is 3. The van der Waals surface area contributed by atoms with Gasteiger partial charge in [-0.15, -0.1) is 13.2 Å². The zero-order valence-corrected chi connectivity index (χ0v) is 10.7. The summed E-state index contributed by atoms with van der Waals surface area (Å²) in [6, 6.07) is 3.36. The maximum Gasteiger partial charge on any atom is 0.573 e. The van der Waals surface area contributed by atoms with Crippen molar-refractivity contribution in [1.82, 2.24) is 5.32 Å². The summed E-state index contributed by atoms with van der Waals surface area (Å²) in [5, 5.41) is 2.23. The maximum atomic E-state index is 12.1. The van der Waals surface area contributed by atoms with Crippen LogP contribution in [0, 0.1) is 6.92 Å². The molecule has 0 aromatic heterocycles. The van der Waals surface area contributed by atoms with E-state index in [2.05, 4.69) is 14.8 Å². The van der Waals surface area contributed by atoms with Gasteiger partial charge in [0.15, 0.2) is 0 Å². The molecule has 1 N–H and O–H groups in total. The van der Waals surface area contributed by atoms with Crippen LogP contribution in [0.1, 0.15) is 15.9 Å². The molecule has 1 aromatic carbocycles. The lowest BCUT2D eigenvalue weighted by atomic mass is 10.1. The number of amides is 1. The van der Waals surface area contributed by atoms with Crippen LogP contribution in [-0.2, 0) is 9.53 Å². The van der Waals surface area contributed by atoms with Crippen LogP contribution in [-0.4, -0.2) is 31.9 Å². The zero-order chi connectivity index (χ0) is 15.3. The van der Waals surface area contributed by atoms with E-state index in [1.807, 2.05) is 0 Å². The van der Waals surface area contributed by atoms with Crippen molar-refractivity contribution in [3.63, 3.8) is 0 Å². The second-order valence-corrected chi connectivity index (χ2v) is 3.78. The normalized spacial score (nSPS) is 10.8. The van der Waals surface area contributed by atoms with E-state index in [4.69, 9.17) is 0 Å². The van der Waals surface area contributed by atoms with E-state index in [1.54, 1.807) is 6.92 Å². The Balaban J connectivity index is 2.85. The average molecular weight is 291 g/mol. The lowest BCUT2D eigenvalue weighted by molar-refractivity contribution is -0.274. The summed E-state index contributed by atoms with van der Waals surface area (Å²) in [6.45, 7) is 1.17. The molecule has 1 aromatic rings. The van der Waals surface area contributed by atoms with Crippen LogP contribution in [0.25, 0.3) is 0 Å². The third-order valence-electron chi connectivity index (χ3n) is 2.31. The number of carbonyl (C=O) groups is 2. The lowest BCUT2D eigenvalue weighted by Gasteiger charge is -2.12. The minimum absolute atomic E-state index is 0.0179. The van der Waals surface area contributed by atoms with Crippen molar-refractivity contribution in [3.05, 3.63) is 29.3 Å². The number of benzene rings is 1. The standard InChI is InChI=1S/C12H12F3NO4/c1-7-3-4-8(20-12(13,14)15)5-9(7)11(18)16-6-10(17)19-2/h3-5H,6H2,1-2H3,(H,16,18). The van der Waals surface area contributed by atoms with E-state index < -0.39 is 24.0 Å². The molecule has 5 nitrogen and oxygen atoms in total. The SMILES string of the molecule is COC(=O)CNC(=O)c1cc(OC(F)(F)F)ccc1C. The van der Waals surface area contributed by atoms with E-state index in [0.717, 1.165) is 19.2 Å². The number of hydrogen-bond donors (Lipinski definition) is 1. The smallest absolute Gasteiger partial charge is 0.468 e. The van der Waals surface area contributed by atoms with Crippen molar-refractivity contribution in [2.45, 2.75) is 13.3 Å². The second kappa shape index (κ2) is 6.27. The van der Waals surface area contributed by atoms with E-state index >= 15 is 0 Å². The Morgan fingerprint density at radius 2 is 1.95 bits per heavy atom. The molecule has 20 heavy (non-hydrogen) atoms. The number of methoxy groups -OCH3 is 1. The first kappa shape index (κ1) is 15.8. The van der Waals surface area contributed by atoms with Crippen LogP contribution in [0.5, 0.6) is 5.75 Å². The van der Waals surface area contributed by atoms with Gasteiger partial charge in [-0.25, -0.2) is 0 Å². The molecule has 0 heterocycles. The molecule has 1 amide bonds. The Labute approximate surface area is 112 Å². The molecular formula is C12H12F3NO4. The Hall–Kier alpha value is -2.25. The monoisotopic (exact) mass is 291 g/mol. The van der Waals surface area contributed by atoms with Gasteiger partial charge >= 0.3 is 12.3 Å². The fourth-order valence-electron chi connectivity index (χ4n) is 1.36. The lowest BCUT2D eigenvalue weighted by Crippen LogP contribution is -2.30. The Kier molecular flexibility index (Phi) is 4.95. The molecule has 1 rings (SSSR count). The zero-order valence-electron chi connectivity index (χ0n) is 10.7. The average Bonchev–Trinajstić information content (AvgIpc) is 2.36. The van der Waals surface area contributed by atoms with Gasteiger partial charge in [-0.05, 0) is 24.6 Å². The number of nitrogens with one attached hydrogen (secondary N) is 1. The molecule has 0 spiro atoms. The number of hydrogen-bond acceptors (Lipinski definition) is 4. The van der Waals surface area contributed by atoms with Gasteiger partial charge in [0.2, 0.25) is 0 Å².